The van der Waals surface area contributed by atoms with E-state index < -0.39 is 0 Å². The number of nitrogens with zero attached hydrogens (tertiary/aromatic N) is 3. The minimum Gasteiger partial charge on any atom is -0.293 e. The van der Waals surface area contributed by atoms with Crippen LogP contribution in [0.2, 0.25) is 0 Å². The number of hydrogen-bond donors (Lipinski definition) is 0. The fourth-order valence-electron chi connectivity index (χ4n) is 1.75. The van der Waals surface area contributed by atoms with Gasteiger partial charge in [-0.3, -0.25) is 14.4 Å². The van der Waals surface area contributed by atoms with E-state index in [0.717, 1.165) is 17.8 Å². The van der Waals surface area contributed by atoms with Gasteiger partial charge in [0.1, 0.15) is 4.32 Å². The highest BCUT2D eigenvalue weighted by atomic mass is 32.2. The molecule has 0 bridgehead atoms. The number of rotatable bonds is 3. The Labute approximate surface area is 116 Å². The molecule has 0 atom stereocenters. The molecule has 18 heavy (non-hydrogen) atoms. The first-order valence-corrected chi connectivity index (χ1v) is 7.08. The van der Waals surface area contributed by atoms with E-state index in [1.165, 1.54) is 11.8 Å². The summed E-state index contributed by atoms with van der Waals surface area (Å²) in [7, 11) is 0. The van der Waals surface area contributed by atoms with Crippen molar-refractivity contribution in [2.45, 2.75) is 27.3 Å². The van der Waals surface area contributed by atoms with Crippen LogP contribution in [0, 0.1) is 6.92 Å². The Balaban J connectivity index is 2.31. The summed E-state index contributed by atoms with van der Waals surface area (Å²) in [5, 5.41) is 4.36. The molecule has 2 rings (SSSR count). The Morgan fingerprint density at radius 3 is 2.67 bits per heavy atom. The molecular weight excluding hydrogens is 266 g/mol. The van der Waals surface area contributed by atoms with E-state index in [1.807, 2.05) is 37.7 Å². The van der Waals surface area contributed by atoms with E-state index in [-0.39, 0.29) is 5.91 Å². The normalized spacial score (nSPS) is 18.2. The SMILES string of the molecule is CCN1C(=O)/C(=C/c2cn(CC)nc2C)SC1=S. The lowest BCUT2D eigenvalue weighted by molar-refractivity contribution is -0.121. The van der Waals surface area contributed by atoms with Crippen molar-refractivity contribution in [3.8, 4) is 0 Å². The molecule has 1 saturated heterocycles. The lowest BCUT2D eigenvalue weighted by Crippen LogP contribution is -2.27. The molecule has 0 unspecified atom stereocenters. The van der Waals surface area contributed by atoms with Crippen molar-refractivity contribution in [3.63, 3.8) is 0 Å². The van der Waals surface area contributed by atoms with Gasteiger partial charge in [-0.05, 0) is 26.8 Å². The Hall–Kier alpha value is -1.14. The van der Waals surface area contributed by atoms with Gasteiger partial charge in [0.25, 0.3) is 5.91 Å². The molecule has 0 aliphatic carbocycles. The quantitative estimate of drug-likeness (QED) is 0.630. The molecule has 1 aromatic heterocycles. The van der Waals surface area contributed by atoms with Gasteiger partial charge < -0.3 is 0 Å². The van der Waals surface area contributed by atoms with E-state index in [0.29, 0.717) is 15.8 Å². The summed E-state index contributed by atoms with van der Waals surface area (Å²) in [6.45, 7) is 7.35. The maximum absolute atomic E-state index is 12.1. The van der Waals surface area contributed by atoms with Crippen LogP contribution in [-0.4, -0.2) is 31.5 Å². The minimum absolute atomic E-state index is 0.00357. The van der Waals surface area contributed by atoms with E-state index in [9.17, 15) is 4.79 Å². The van der Waals surface area contributed by atoms with Crippen LogP contribution in [0.25, 0.3) is 6.08 Å². The molecule has 0 aromatic carbocycles. The van der Waals surface area contributed by atoms with Gasteiger partial charge in [-0.2, -0.15) is 5.10 Å². The number of likely N-dealkylation sites (N-methyl/N-ethyl adjacent to an activating group) is 1. The van der Waals surface area contributed by atoms with Crippen LogP contribution in [-0.2, 0) is 11.3 Å². The fourth-order valence-corrected chi connectivity index (χ4v) is 3.13. The number of amides is 1. The average molecular weight is 281 g/mol. The second kappa shape index (κ2) is 5.24. The van der Waals surface area contributed by atoms with Gasteiger partial charge in [-0.1, -0.05) is 24.0 Å². The Kier molecular flexibility index (Phi) is 3.87. The van der Waals surface area contributed by atoms with Gasteiger partial charge in [0.15, 0.2) is 0 Å². The van der Waals surface area contributed by atoms with Crippen molar-refractivity contribution < 1.29 is 4.79 Å². The Morgan fingerprint density at radius 2 is 2.17 bits per heavy atom. The molecule has 2 heterocycles. The van der Waals surface area contributed by atoms with Gasteiger partial charge in [0.05, 0.1) is 10.6 Å². The highest BCUT2D eigenvalue weighted by molar-refractivity contribution is 8.26. The number of thioether (sulfide) groups is 1. The zero-order valence-electron chi connectivity index (χ0n) is 10.6. The predicted octanol–water partition coefficient (Wildman–Crippen LogP) is 2.43. The summed E-state index contributed by atoms with van der Waals surface area (Å²) in [5.74, 6) is -0.00357. The molecule has 1 fully saturated rings. The molecule has 0 saturated carbocycles. The number of aryl methyl sites for hydroxylation is 2. The number of aromatic nitrogens is 2. The first-order valence-electron chi connectivity index (χ1n) is 5.86. The summed E-state index contributed by atoms with van der Waals surface area (Å²) in [4.78, 5) is 14.4. The van der Waals surface area contributed by atoms with Crippen molar-refractivity contribution in [1.29, 1.82) is 0 Å². The zero-order chi connectivity index (χ0) is 13.3. The van der Waals surface area contributed by atoms with Crippen LogP contribution in [0.3, 0.4) is 0 Å². The van der Waals surface area contributed by atoms with E-state index >= 15 is 0 Å². The number of hydrogen-bond acceptors (Lipinski definition) is 4. The van der Waals surface area contributed by atoms with Gasteiger partial charge in [-0.15, -0.1) is 0 Å². The largest absolute Gasteiger partial charge is 0.293 e. The first-order chi connectivity index (χ1) is 8.56. The van der Waals surface area contributed by atoms with Crippen LogP contribution >= 0.6 is 24.0 Å². The molecular formula is C12H15N3OS2. The maximum atomic E-state index is 12.1. The van der Waals surface area contributed by atoms with E-state index in [2.05, 4.69) is 5.10 Å². The maximum Gasteiger partial charge on any atom is 0.266 e. The number of carbonyl (C=O) groups excluding carboxylic acids is 1. The van der Waals surface area contributed by atoms with Crippen molar-refractivity contribution in [1.82, 2.24) is 14.7 Å². The van der Waals surface area contributed by atoms with Crippen LogP contribution in [0.15, 0.2) is 11.1 Å². The van der Waals surface area contributed by atoms with Gasteiger partial charge in [0.2, 0.25) is 0 Å². The Morgan fingerprint density at radius 1 is 1.44 bits per heavy atom. The topological polar surface area (TPSA) is 38.1 Å². The fraction of sp³-hybridized carbons (Fsp3) is 0.417. The molecule has 0 radical (unpaired) electrons. The standard InChI is InChI=1S/C12H15N3OS2/c1-4-14-7-9(8(3)13-14)6-10-11(16)15(5-2)12(17)18-10/h6-7H,4-5H2,1-3H3/b10-6-. The van der Waals surface area contributed by atoms with Gasteiger partial charge >= 0.3 is 0 Å². The van der Waals surface area contributed by atoms with Crippen LogP contribution in [0.5, 0.6) is 0 Å². The lowest BCUT2D eigenvalue weighted by Gasteiger charge is -2.09. The van der Waals surface area contributed by atoms with Crippen LogP contribution < -0.4 is 0 Å². The summed E-state index contributed by atoms with van der Waals surface area (Å²) < 4.78 is 2.50. The number of carbonyl (C=O) groups is 1. The van der Waals surface area contributed by atoms with Crippen molar-refractivity contribution >= 4 is 40.3 Å². The average Bonchev–Trinajstić information content (AvgIpc) is 2.82. The summed E-state index contributed by atoms with van der Waals surface area (Å²) in [5.41, 5.74) is 1.91. The second-order valence-corrected chi connectivity index (χ2v) is 5.63. The highest BCUT2D eigenvalue weighted by Gasteiger charge is 2.30. The molecule has 0 N–H and O–H groups in total. The van der Waals surface area contributed by atoms with E-state index in [1.54, 1.807) is 4.90 Å². The molecule has 1 aliphatic heterocycles. The van der Waals surface area contributed by atoms with Crippen molar-refractivity contribution in [2.75, 3.05) is 6.54 Å². The molecule has 1 amide bonds. The van der Waals surface area contributed by atoms with Gasteiger partial charge in [0, 0.05) is 24.8 Å². The van der Waals surface area contributed by atoms with Crippen molar-refractivity contribution in [3.05, 3.63) is 22.4 Å². The van der Waals surface area contributed by atoms with Crippen LogP contribution in [0.1, 0.15) is 25.1 Å². The highest BCUT2D eigenvalue weighted by Crippen LogP contribution is 2.32. The summed E-state index contributed by atoms with van der Waals surface area (Å²) in [6, 6.07) is 0. The zero-order valence-corrected chi connectivity index (χ0v) is 12.3. The molecule has 4 nitrogen and oxygen atoms in total. The van der Waals surface area contributed by atoms with Crippen LogP contribution in [0.4, 0.5) is 0 Å². The first kappa shape index (κ1) is 13.3. The molecule has 1 aliphatic rings. The smallest absolute Gasteiger partial charge is 0.266 e. The third kappa shape index (κ3) is 2.35. The molecule has 0 spiro atoms. The molecule has 96 valence electrons. The molecule has 1 aromatic rings. The lowest BCUT2D eigenvalue weighted by atomic mass is 10.2. The Bertz CT molecular complexity index is 533. The third-order valence-corrected chi connectivity index (χ3v) is 4.16. The summed E-state index contributed by atoms with van der Waals surface area (Å²) in [6.07, 6.45) is 3.83. The summed E-state index contributed by atoms with van der Waals surface area (Å²) >= 11 is 6.54. The van der Waals surface area contributed by atoms with Gasteiger partial charge in [-0.25, -0.2) is 0 Å². The third-order valence-electron chi connectivity index (χ3n) is 2.78. The van der Waals surface area contributed by atoms with E-state index in [4.69, 9.17) is 12.2 Å². The number of thiocarbonyl (C=S) groups is 1. The second-order valence-electron chi connectivity index (χ2n) is 3.95. The monoisotopic (exact) mass is 281 g/mol. The van der Waals surface area contributed by atoms with Crippen molar-refractivity contribution in [2.24, 2.45) is 0 Å². The molecule has 6 heteroatoms. The minimum atomic E-state index is -0.00357. The predicted molar refractivity (Wildman–Crippen MR) is 78.2 cm³/mol.